The van der Waals surface area contributed by atoms with E-state index in [2.05, 4.69) is 51.2 Å². The highest BCUT2D eigenvalue weighted by atomic mass is 79.9. The summed E-state index contributed by atoms with van der Waals surface area (Å²) < 4.78 is 5.38. The maximum Gasteiger partial charge on any atom is 0.139 e. The van der Waals surface area contributed by atoms with Crippen LogP contribution in [0.2, 0.25) is 0 Å². The summed E-state index contributed by atoms with van der Waals surface area (Å²) in [5.74, 6) is 0.886. The second-order valence-corrected chi connectivity index (χ2v) is 4.88. The van der Waals surface area contributed by atoms with Gasteiger partial charge in [-0.1, -0.05) is 30.3 Å². The molecule has 0 N–H and O–H groups in total. The molecule has 3 rings (SSSR count). The average Bonchev–Trinajstić information content (AvgIpc) is 2.68. The van der Waals surface area contributed by atoms with Gasteiger partial charge in [-0.15, -0.1) is 0 Å². The summed E-state index contributed by atoms with van der Waals surface area (Å²) in [5, 5.41) is 0. The number of hydrogen-bond acceptors (Lipinski definition) is 2. The van der Waals surface area contributed by atoms with E-state index in [0.29, 0.717) is 0 Å². The normalized spacial score (nSPS) is 12.1. The highest BCUT2D eigenvalue weighted by molar-refractivity contribution is 9.49. The molecular weight excluding hydrogens is 284 g/mol. The number of benzene rings is 2. The molecule has 0 saturated heterocycles. The van der Waals surface area contributed by atoms with E-state index in [0.717, 1.165) is 12.2 Å². The zero-order chi connectivity index (χ0) is 11.0. The molecule has 0 aromatic heterocycles. The molecule has 80 valence electrons. The van der Waals surface area contributed by atoms with Crippen LogP contribution in [0.4, 0.5) is 0 Å². The fourth-order valence-corrected chi connectivity index (χ4v) is 2.83. The van der Waals surface area contributed by atoms with Gasteiger partial charge in [-0.2, -0.15) is 0 Å². The van der Waals surface area contributed by atoms with Gasteiger partial charge < -0.3 is 4.18 Å². The summed E-state index contributed by atoms with van der Waals surface area (Å²) in [6.07, 6.45) is 1.03. The lowest BCUT2D eigenvalue weighted by Gasteiger charge is -2.04. The summed E-state index contributed by atoms with van der Waals surface area (Å²) in [6, 6.07) is 14.8. The molecule has 0 radical (unpaired) electrons. The molecule has 16 heavy (non-hydrogen) atoms. The molecule has 0 saturated carbocycles. The van der Waals surface area contributed by atoms with E-state index in [1.165, 1.54) is 32.7 Å². The van der Waals surface area contributed by atoms with Crippen molar-refractivity contribution >= 4 is 25.3 Å². The predicted molar refractivity (Wildman–Crippen MR) is 71.8 cm³/mol. The highest BCUT2D eigenvalue weighted by Gasteiger charge is 2.18. The lowest BCUT2D eigenvalue weighted by atomic mass is 10.1. The molecule has 1 nitrogen and oxygen atoms in total. The number of fused-ring (bicyclic) bond motifs is 3. The molecule has 0 heterocycles. The van der Waals surface area contributed by atoms with E-state index in [9.17, 15) is 0 Å². The van der Waals surface area contributed by atoms with Gasteiger partial charge in [-0.05, 0) is 40.8 Å². The van der Waals surface area contributed by atoms with E-state index in [1.54, 1.807) is 0 Å². The van der Waals surface area contributed by atoms with Crippen molar-refractivity contribution in [2.24, 2.45) is 0 Å². The number of hydrogen-bond donors (Lipinski definition) is 0. The Morgan fingerprint density at radius 2 is 1.81 bits per heavy atom. The van der Waals surface area contributed by atoms with Crippen molar-refractivity contribution in [3.63, 3.8) is 0 Å². The predicted octanol–water partition coefficient (Wildman–Crippen LogP) is 4.59. The molecular formula is C13H9BrOS. The Morgan fingerprint density at radius 3 is 2.69 bits per heavy atom. The monoisotopic (exact) mass is 292 g/mol. The summed E-state index contributed by atoms with van der Waals surface area (Å²) in [5.41, 5.74) is 5.42. The van der Waals surface area contributed by atoms with Crippen LogP contribution >= 0.6 is 25.3 Å². The van der Waals surface area contributed by atoms with Crippen LogP contribution in [-0.2, 0) is 6.42 Å². The first-order valence-electron chi connectivity index (χ1n) is 5.05. The third-order valence-electron chi connectivity index (χ3n) is 2.90. The largest absolute Gasteiger partial charge is 0.414 e. The maximum atomic E-state index is 5.38. The molecule has 2 aromatic carbocycles. The summed E-state index contributed by atoms with van der Waals surface area (Å²) in [4.78, 5) is 0. The zero-order valence-corrected chi connectivity index (χ0v) is 10.8. The lowest BCUT2D eigenvalue weighted by Crippen LogP contribution is -1.82. The molecule has 1 aliphatic rings. The Balaban J connectivity index is 2.11. The van der Waals surface area contributed by atoms with Gasteiger partial charge in [0.15, 0.2) is 0 Å². The molecule has 1 aliphatic carbocycles. The lowest BCUT2D eigenvalue weighted by molar-refractivity contribution is 0.657. The summed E-state index contributed by atoms with van der Waals surface area (Å²) in [6.45, 7) is 0. The second-order valence-electron chi connectivity index (χ2n) is 3.80. The van der Waals surface area contributed by atoms with E-state index in [4.69, 9.17) is 4.18 Å². The van der Waals surface area contributed by atoms with Gasteiger partial charge in [-0.3, -0.25) is 0 Å². The van der Waals surface area contributed by atoms with Crippen molar-refractivity contribution < 1.29 is 4.18 Å². The minimum absolute atomic E-state index is 0.886. The molecule has 0 bridgehead atoms. The molecule has 0 amide bonds. The first-order valence-corrected chi connectivity index (χ1v) is 7.63. The van der Waals surface area contributed by atoms with Gasteiger partial charge in [0, 0.05) is 14.8 Å². The van der Waals surface area contributed by atoms with Crippen LogP contribution in [0, 0.1) is 0 Å². The van der Waals surface area contributed by atoms with Crippen LogP contribution in [0.5, 0.6) is 5.75 Å². The second kappa shape index (κ2) is 4.15. The van der Waals surface area contributed by atoms with Crippen molar-refractivity contribution in [3.05, 3.63) is 53.6 Å². The van der Waals surface area contributed by atoms with Crippen molar-refractivity contribution in [2.45, 2.75) is 6.42 Å². The van der Waals surface area contributed by atoms with Gasteiger partial charge in [-0.25, -0.2) is 0 Å². The molecule has 2 aromatic rings. The van der Waals surface area contributed by atoms with Crippen molar-refractivity contribution in [1.82, 2.24) is 0 Å². The molecule has 0 aliphatic heterocycles. The molecule has 0 atom stereocenters. The van der Waals surface area contributed by atoms with E-state index in [-0.39, 0.29) is 0 Å². The Kier molecular flexibility index (Phi) is 2.65. The van der Waals surface area contributed by atoms with E-state index in [1.807, 2.05) is 6.07 Å². The topological polar surface area (TPSA) is 9.23 Å². The van der Waals surface area contributed by atoms with Crippen molar-refractivity contribution in [3.8, 4) is 16.9 Å². The average molecular weight is 293 g/mol. The molecule has 0 fully saturated rings. The third-order valence-corrected chi connectivity index (χ3v) is 3.55. The Bertz CT molecular complexity index is 539. The van der Waals surface area contributed by atoms with Crippen LogP contribution in [0.15, 0.2) is 42.5 Å². The third kappa shape index (κ3) is 1.64. The van der Waals surface area contributed by atoms with Gasteiger partial charge in [0.1, 0.15) is 16.2 Å². The van der Waals surface area contributed by atoms with Crippen LogP contribution in [0.1, 0.15) is 11.1 Å². The molecule has 0 spiro atoms. The van der Waals surface area contributed by atoms with Crippen LogP contribution < -0.4 is 4.18 Å². The van der Waals surface area contributed by atoms with Crippen LogP contribution in [0.25, 0.3) is 11.1 Å². The SMILES string of the molecule is BrSOc1ccc2c(c1)-c1ccccc1C2. The smallest absolute Gasteiger partial charge is 0.139 e. The quantitative estimate of drug-likeness (QED) is 0.639. The van der Waals surface area contributed by atoms with Gasteiger partial charge >= 0.3 is 0 Å². The Morgan fingerprint density at radius 1 is 1.00 bits per heavy atom. The van der Waals surface area contributed by atoms with Crippen LogP contribution in [0.3, 0.4) is 0 Å². The Labute approximate surface area is 106 Å². The Hall–Kier alpha value is -0.930. The summed E-state index contributed by atoms with van der Waals surface area (Å²) >= 11 is 3.19. The van der Waals surface area contributed by atoms with Crippen LogP contribution in [-0.4, -0.2) is 0 Å². The van der Waals surface area contributed by atoms with Crippen molar-refractivity contribution in [1.29, 1.82) is 0 Å². The maximum absolute atomic E-state index is 5.38. The van der Waals surface area contributed by atoms with Gasteiger partial charge in [0.05, 0.1) is 0 Å². The van der Waals surface area contributed by atoms with E-state index < -0.39 is 0 Å². The fraction of sp³-hybridized carbons (Fsp3) is 0.0769. The van der Waals surface area contributed by atoms with Crippen molar-refractivity contribution in [2.75, 3.05) is 0 Å². The highest BCUT2D eigenvalue weighted by Crippen LogP contribution is 2.38. The molecule has 0 unspecified atom stereocenters. The first-order chi connectivity index (χ1) is 7.88. The minimum atomic E-state index is 0.886. The number of rotatable bonds is 2. The molecule has 3 heteroatoms. The van der Waals surface area contributed by atoms with Gasteiger partial charge in [0.25, 0.3) is 0 Å². The standard InChI is InChI=1S/C13H9BrOS/c14-16-15-11-6-5-10-7-9-3-1-2-4-12(9)13(10)8-11/h1-6,8H,7H2. The first kappa shape index (κ1) is 10.2. The minimum Gasteiger partial charge on any atom is -0.414 e. The van der Waals surface area contributed by atoms with E-state index >= 15 is 0 Å². The zero-order valence-electron chi connectivity index (χ0n) is 8.44. The van der Waals surface area contributed by atoms with Gasteiger partial charge in [0.2, 0.25) is 0 Å². The summed E-state index contributed by atoms with van der Waals surface area (Å²) in [7, 11) is 1.19. The number of halogens is 1. The fourth-order valence-electron chi connectivity index (χ4n) is 2.19.